The van der Waals surface area contributed by atoms with Gasteiger partial charge in [-0.3, -0.25) is 0 Å². The Morgan fingerprint density at radius 3 is 2.43 bits per heavy atom. The first-order chi connectivity index (χ1) is 10.8. The predicted octanol–water partition coefficient (Wildman–Crippen LogP) is 5.15. The fourth-order valence-corrected chi connectivity index (χ4v) is 3.39. The van der Waals surface area contributed by atoms with Crippen LogP contribution in [0.1, 0.15) is 66.7 Å². The Balaban J connectivity index is 2.64. The number of phenolic OH excluding ortho intramolecular Hbond substituents is 2. The third kappa shape index (κ3) is 3.42. The summed E-state index contributed by atoms with van der Waals surface area (Å²) in [4.78, 5) is 0. The molecule has 21 heavy (non-hydrogen) atoms. The molecule has 0 aromatic heterocycles. The van der Waals surface area contributed by atoms with Crippen LogP contribution in [-0.4, -0.2) is 10.2 Å². The van der Waals surface area contributed by atoms with Gasteiger partial charge < -0.3 is 10.2 Å². The minimum absolute atomic E-state index is 0.00350. The lowest BCUT2D eigenvalue weighted by Gasteiger charge is -2.33. The zero-order valence-electron chi connectivity index (χ0n) is 15.5. The van der Waals surface area contributed by atoms with Crippen LogP contribution in [0.3, 0.4) is 0 Å². The number of phenols is 2. The average molecular weight is 292 g/mol. The lowest BCUT2D eigenvalue weighted by molar-refractivity contribution is 0.304. The van der Waals surface area contributed by atoms with Crippen LogP contribution in [0.25, 0.3) is 0 Å². The molecule has 0 radical (unpaired) electrons. The number of benzene rings is 1. The van der Waals surface area contributed by atoms with E-state index in [1.54, 1.807) is 0 Å². The summed E-state index contributed by atoms with van der Waals surface area (Å²) >= 11 is 0. The SMILES string of the molecule is [3H]c1c(O)c(C2C=C(C)CC[C@H]2C(C)C)c(O)c([3H])c1CCC. The molecule has 2 heteroatoms. The van der Waals surface area contributed by atoms with Crippen molar-refractivity contribution in [1.29, 1.82) is 0 Å². The lowest BCUT2D eigenvalue weighted by Crippen LogP contribution is -2.21. The van der Waals surface area contributed by atoms with Gasteiger partial charge in [0.05, 0.1) is 2.74 Å². The number of allylic oxidation sites excluding steroid dienone is 2. The normalized spacial score (nSPS) is 23.8. The van der Waals surface area contributed by atoms with Crippen LogP contribution in [0.15, 0.2) is 23.7 Å². The Kier molecular flexibility index (Phi) is 4.13. The van der Waals surface area contributed by atoms with Gasteiger partial charge in [0.15, 0.2) is 0 Å². The first kappa shape index (κ1) is 13.2. The van der Waals surface area contributed by atoms with E-state index in [0.29, 0.717) is 29.4 Å². The number of hydrogen-bond donors (Lipinski definition) is 2. The topological polar surface area (TPSA) is 40.5 Å². The van der Waals surface area contributed by atoms with Gasteiger partial charge in [-0.1, -0.05) is 38.8 Å². The molecule has 0 heterocycles. The number of aromatic hydroxyl groups is 2. The maximum Gasteiger partial charge on any atom is 0.123 e. The van der Waals surface area contributed by atoms with E-state index in [-0.39, 0.29) is 29.5 Å². The standard InChI is InChI=1S/C19H28O2/c1-5-6-14-10-17(20)19(18(21)11-14)16-9-13(4)7-8-15(16)12(2)3/h9-12,15-16,20-21H,5-8H2,1-4H3/t15-,16?/m0/s1/i10T,11T. The third-order valence-corrected chi connectivity index (χ3v) is 4.54. The molecule has 116 valence electrons. The Labute approximate surface area is 131 Å². The van der Waals surface area contributed by atoms with E-state index in [2.05, 4.69) is 26.8 Å². The van der Waals surface area contributed by atoms with Crippen molar-refractivity contribution in [2.75, 3.05) is 0 Å². The van der Waals surface area contributed by atoms with Crippen LogP contribution in [0, 0.1) is 11.8 Å². The highest BCUT2D eigenvalue weighted by Crippen LogP contribution is 2.46. The first-order valence-electron chi connectivity index (χ1n) is 9.00. The minimum atomic E-state index is -0.149. The van der Waals surface area contributed by atoms with E-state index in [1.165, 1.54) is 5.57 Å². The molecule has 1 unspecified atom stereocenters. The maximum atomic E-state index is 10.6. The molecular formula is C19H28O2. The summed E-state index contributed by atoms with van der Waals surface area (Å²) < 4.78 is 16.4. The first-order valence-corrected chi connectivity index (χ1v) is 8.00. The monoisotopic (exact) mass is 292 g/mol. The molecule has 0 amide bonds. The molecule has 2 rings (SSSR count). The maximum absolute atomic E-state index is 10.6. The average Bonchev–Trinajstić information content (AvgIpc) is 2.49. The molecular weight excluding hydrogens is 260 g/mol. The fraction of sp³-hybridized carbons (Fsp3) is 0.579. The molecule has 2 nitrogen and oxygen atoms in total. The van der Waals surface area contributed by atoms with Gasteiger partial charge in [-0.15, -0.1) is 0 Å². The van der Waals surface area contributed by atoms with Crippen LogP contribution < -0.4 is 0 Å². The van der Waals surface area contributed by atoms with Crippen LogP contribution in [0.5, 0.6) is 11.5 Å². The molecule has 0 bridgehead atoms. The zero-order valence-corrected chi connectivity index (χ0v) is 13.5. The highest BCUT2D eigenvalue weighted by atomic mass is 16.3. The summed E-state index contributed by atoms with van der Waals surface area (Å²) in [6, 6.07) is 0.00700. The fourth-order valence-electron chi connectivity index (χ4n) is 3.39. The molecule has 0 aliphatic heterocycles. The van der Waals surface area contributed by atoms with Gasteiger partial charge in [0.1, 0.15) is 11.5 Å². The number of hydrogen-bond acceptors (Lipinski definition) is 2. The summed E-state index contributed by atoms with van der Waals surface area (Å²) in [5, 5.41) is 21.2. The molecule has 2 atom stereocenters. The van der Waals surface area contributed by atoms with Crippen molar-refractivity contribution in [3.63, 3.8) is 0 Å². The van der Waals surface area contributed by atoms with Crippen LogP contribution in [0.4, 0.5) is 0 Å². The summed E-state index contributed by atoms with van der Waals surface area (Å²) in [5.41, 5.74) is 2.04. The molecule has 1 aliphatic carbocycles. The van der Waals surface area contributed by atoms with E-state index in [1.807, 2.05) is 6.92 Å². The van der Waals surface area contributed by atoms with Crippen molar-refractivity contribution in [3.05, 3.63) is 34.9 Å². The predicted molar refractivity (Wildman–Crippen MR) is 87.8 cm³/mol. The largest absolute Gasteiger partial charge is 0.507 e. The Morgan fingerprint density at radius 1 is 1.29 bits per heavy atom. The molecule has 2 N–H and O–H groups in total. The molecule has 0 saturated heterocycles. The molecule has 1 aromatic rings. The summed E-state index contributed by atoms with van der Waals surface area (Å²) in [5.74, 6) is 0.271. The molecule has 0 spiro atoms. The van der Waals surface area contributed by atoms with Crippen molar-refractivity contribution in [2.45, 2.75) is 59.3 Å². The van der Waals surface area contributed by atoms with Gasteiger partial charge >= 0.3 is 0 Å². The van der Waals surface area contributed by atoms with Crippen molar-refractivity contribution in [2.24, 2.45) is 11.8 Å². The zero-order chi connectivity index (χ0) is 17.3. The molecule has 0 fully saturated rings. The van der Waals surface area contributed by atoms with Gasteiger partial charge in [-0.25, -0.2) is 0 Å². The second-order valence-electron chi connectivity index (χ2n) is 6.57. The minimum Gasteiger partial charge on any atom is -0.507 e. The van der Waals surface area contributed by atoms with Gasteiger partial charge in [0, 0.05) is 11.5 Å². The second-order valence-corrected chi connectivity index (χ2v) is 6.57. The Bertz CT molecular complexity index is 591. The summed E-state index contributed by atoms with van der Waals surface area (Å²) in [7, 11) is 0. The van der Waals surface area contributed by atoms with E-state index < -0.39 is 0 Å². The molecule has 1 aliphatic rings. The van der Waals surface area contributed by atoms with Crippen LogP contribution in [-0.2, 0) is 6.42 Å². The second kappa shape index (κ2) is 6.55. The quantitative estimate of drug-likeness (QED) is 0.754. The van der Waals surface area contributed by atoms with Gasteiger partial charge in [0.2, 0.25) is 0 Å². The molecule has 0 saturated carbocycles. The number of rotatable bonds is 4. The summed E-state index contributed by atoms with van der Waals surface area (Å²) in [6.45, 7) is 8.32. The molecule has 1 aromatic carbocycles. The highest BCUT2D eigenvalue weighted by molar-refractivity contribution is 5.51. The van der Waals surface area contributed by atoms with E-state index in [0.717, 1.165) is 19.3 Å². The lowest BCUT2D eigenvalue weighted by atomic mass is 9.71. The van der Waals surface area contributed by atoms with Crippen LogP contribution in [0.2, 0.25) is 0 Å². The van der Waals surface area contributed by atoms with E-state index in [9.17, 15) is 10.2 Å². The van der Waals surface area contributed by atoms with Crippen molar-refractivity contribution < 1.29 is 13.0 Å². The smallest absolute Gasteiger partial charge is 0.123 e. The van der Waals surface area contributed by atoms with Crippen molar-refractivity contribution >= 4 is 0 Å². The van der Waals surface area contributed by atoms with Gasteiger partial charge in [-0.05, 0) is 55.7 Å². The van der Waals surface area contributed by atoms with Gasteiger partial charge in [0.25, 0.3) is 0 Å². The van der Waals surface area contributed by atoms with E-state index >= 15 is 0 Å². The Morgan fingerprint density at radius 2 is 1.90 bits per heavy atom. The van der Waals surface area contributed by atoms with Gasteiger partial charge in [-0.2, -0.15) is 0 Å². The summed E-state index contributed by atoms with van der Waals surface area (Å²) in [6.07, 6.45) is 5.41. The van der Waals surface area contributed by atoms with E-state index in [4.69, 9.17) is 2.74 Å². The van der Waals surface area contributed by atoms with Crippen molar-refractivity contribution in [1.82, 2.24) is 0 Å². The third-order valence-electron chi connectivity index (χ3n) is 4.54. The van der Waals surface area contributed by atoms with Crippen molar-refractivity contribution in [3.8, 4) is 11.5 Å². The highest BCUT2D eigenvalue weighted by Gasteiger charge is 2.31. The van der Waals surface area contributed by atoms with Crippen LogP contribution >= 0.6 is 0 Å². The Hall–Kier alpha value is -1.44.